The maximum Gasteiger partial charge on any atom is 0.135 e. The van der Waals surface area contributed by atoms with Crippen LogP contribution in [0, 0.1) is 0 Å². The second kappa shape index (κ2) is 32.6. The van der Waals surface area contributed by atoms with Crippen molar-refractivity contribution in [2.24, 2.45) is 0 Å². The first-order valence-corrected chi connectivity index (χ1v) is 51.8. The Hall–Kier alpha value is -18.8. The summed E-state index contributed by atoms with van der Waals surface area (Å²) in [6, 6.07) is 179. The minimum absolute atomic E-state index is 0.259. The lowest BCUT2D eigenvalue weighted by molar-refractivity contribution is 0.659. The van der Waals surface area contributed by atoms with E-state index in [2.05, 4.69) is 543 Å². The summed E-state index contributed by atoms with van der Waals surface area (Å²) < 4.78 is 22.4. The van der Waals surface area contributed by atoms with Crippen molar-refractivity contribution in [3.8, 4) is 89.5 Å². The predicted octanol–water partition coefficient (Wildman–Crippen LogP) is 38.4. The van der Waals surface area contributed by atoms with Gasteiger partial charge in [0.25, 0.3) is 0 Å². The van der Waals surface area contributed by atoms with Crippen LogP contribution < -0.4 is 9.80 Å². The highest BCUT2D eigenvalue weighted by molar-refractivity contribution is 6.15. The highest BCUT2D eigenvalue weighted by Crippen LogP contribution is 2.58. The monoisotopic (exact) mass is 1910 g/mol. The summed E-state index contributed by atoms with van der Waals surface area (Å²) >= 11 is 0. The molecule has 0 bridgehead atoms. The van der Waals surface area contributed by atoms with Gasteiger partial charge in [0.1, 0.15) is 22.3 Å². The molecule has 3 aliphatic rings. The van der Waals surface area contributed by atoms with E-state index in [4.69, 9.17) is 8.83 Å². The minimum Gasteiger partial charge on any atom is -0.456 e. The Morgan fingerprint density at radius 1 is 0.154 bits per heavy atom. The topological polar surface area (TPSA) is 52.5 Å². The molecule has 0 N–H and O–H groups in total. The maximum atomic E-state index is 6.41. The summed E-state index contributed by atoms with van der Waals surface area (Å²) in [6.45, 7) is 14.4. The highest BCUT2D eigenvalue weighted by Gasteiger charge is 2.41. The van der Waals surface area contributed by atoms with E-state index in [1.54, 1.807) is 0 Å². The number of aromatic nitrogens is 4. The molecule has 31 rings (SSSR count). The van der Waals surface area contributed by atoms with Crippen molar-refractivity contribution < 1.29 is 8.83 Å². The van der Waals surface area contributed by atoms with E-state index in [0.29, 0.717) is 0 Å². The second-order valence-corrected chi connectivity index (χ2v) is 42.2. The van der Waals surface area contributed by atoms with Crippen molar-refractivity contribution in [1.82, 2.24) is 18.3 Å². The number of nitrogens with zero attached hydrogens (tertiary/aromatic N) is 6. The predicted molar refractivity (Wildman–Crippen MR) is 623 cm³/mol. The van der Waals surface area contributed by atoms with Crippen molar-refractivity contribution in [3.05, 3.63) is 519 Å². The zero-order valence-electron chi connectivity index (χ0n) is 83.2. The second-order valence-electron chi connectivity index (χ2n) is 42.2. The van der Waals surface area contributed by atoms with E-state index in [1.807, 2.05) is 12.1 Å². The first-order chi connectivity index (χ1) is 73.1. The van der Waals surface area contributed by atoms with E-state index in [1.165, 1.54) is 187 Å². The Morgan fingerprint density at radius 2 is 0.389 bits per heavy atom. The molecule has 0 fully saturated rings. The summed E-state index contributed by atoms with van der Waals surface area (Å²) in [7, 11) is 0. The normalized spacial score (nSPS) is 13.5. The number of hydrogen-bond acceptors (Lipinski definition) is 4. The molecule has 0 atom stereocenters. The van der Waals surface area contributed by atoms with Gasteiger partial charge in [0.05, 0.1) is 44.1 Å². The van der Waals surface area contributed by atoms with Crippen molar-refractivity contribution in [3.63, 3.8) is 0 Å². The Kier molecular flexibility index (Phi) is 18.8. The van der Waals surface area contributed by atoms with Gasteiger partial charge >= 0.3 is 0 Å². The van der Waals surface area contributed by atoms with Crippen LogP contribution in [0.5, 0.6) is 0 Å². The fourth-order valence-corrected chi connectivity index (χ4v) is 25.7. The van der Waals surface area contributed by atoms with Gasteiger partial charge in [-0.1, -0.05) is 321 Å². The van der Waals surface area contributed by atoms with E-state index < -0.39 is 0 Å². The molecule has 0 unspecified atom stereocenters. The molecule has 0 saturated carbocycles. The molecule has 149 heavy (non-hydrogen) atoms. The van der Waals surface area contributed by atoms with E-state index in [9.17, 15) is 0 Å². The quantitative estimate of drug-likeness (QED) is 0.115. The Morgan fingerprint density at radius 3 is 0.772 bits per heavy atom. The van der Waals surface area contributed by atoms with Crippen LogP contribution in [0.3, 0.4) is 0 Å². The van der Waals surface area contributed by atoms with Gasteiger partial charge in [0.2, 0.25) is 0 Å². The summed E-state index contributed by atoms with van der Waals surface area (Å²) in [6.07, 6.45) is 0. The summed E-state index contributed by atoms with van der Waals surface area (Å²) in [5.41, 5.74) is 46.6. The molecule has 0 amide bonds. The fraction of sp³-hybridized carbons (Fsp3) is 0.0638. The lowest BCUT2D eigenvalue weighted by Crippen LogP contribution is -2.18. The van der Waals surface area contributed by atoms with Crippen LogP contribution in [-0.2, 0) is 16.2 Å². The van der Waals surface area contributed by atoms with Crippen molar-refractivity contribution in [2.45, 2.75) is 57.8 Å². The summed E-state index contributed by atoms with van der Waals surface area (Å²) in [5.74, 6) is 0. The molecule has 28 aromatic rings. The van der Waals surface area contributed by atoms with Crippen LogP contribution in [-0.4, -0.2) is 18.3 Å². The fourth-order valence-electron chi connectivity index (χ4n) is 25.7. The standard InChI is InChI=1S/C72H51N3O.C69H47N3O/c1-71(2)61-38-44(45-27-33-58-57-20-10-12-22-65(57)74(68(58)39-45)46-16-6-5-7-17-46)26-32-51(61)52-34-28-48(41-62(52)71)73(47-31-37-70-60(40-47)59-21-11-15-25-69(59)76-70)49-29-35-53-54-36-30-50(43-64(54)72(3,4)63(53)42-49)75-66-23-13-8-18-55(66)56-19-9-14-24-67(56)75;1-69(2)61-40-46(47-29-37-58-57-18-8-12-22-65(57)72(66(58)41-47)48-14-4-3-5-15-48)28-36-53(61)54-38-34-52(43-62(54)69)70(51-35-39-68-60(42-51)59-19-9-13-23-67(59)73-68)49-30-24-44(25-31-49)45-26-32-50(33-27-45)71-63-20-10-6-16-55(63)56-17-7-11-21-64(56)71/h5-43H,1-4H3;3-43H,1-2H3. The molecular formula is C141H98N6O2. The Bertz CT molecular complexity index is 10400. The number of para-hydroxylation sites is 10. The van der Waals surface area contributed by atoms with Crippen LogP contribution in [0.15, 0.2) is 494 Å². The van der Waals surface area contributed by atoms with Gasteiger partial charge in [0.15, 0.2) is 0 Å². The molecule has 0 spiro atoms. The van der Waals surface area contributed by atoms with Gasteiger partial charge in [0, 0.05) is 138 Å². The Labute approximate surface area is 862 Å². The van der Waals surface area contributed by atoms with E-state index in [0.717, 1.165) is 101 Å². The number of furan rings is 2. The zero-order chi connectivity index (χ0) is 99.0. The van der Waals surface area contributed by atoms with Gasteiger partial charge in [-0.3, -0.25) is 0 Å². The average molecular weight is 1910 g/mol. The number of fused-ring (bicyclic) bond motifs is 27. The lowest BCUT2D eigenvalue weighted by atomic mass is 9.81. The van der Waals surface area contributed by atoms with E-state index in [-0.39, 0.29) is 16.2 Å². The average Bonchev–Trinajstić information content (AvgIpc) is 1.56. The van der Waals surface area contributed by atoms with Gasteiger partial charge in [-0.2, -0.15) is 0 Å². The number of rotatable bonds is 13. The van der Waals surface area contributed by atoms with Crippen molar-refractivity contribution in [2.75, 3.05) is 9.80 Å². The van der Waals surface area contributed by atoms with E-state index >= 15 is 0 Å². The summed E-state index contributed by atoms with van der Waals surface area (Å²) in [4.78, 5) is 4.87. The molecule has 0 aliphatic heterocycles. The third-order valence-corrected chi connectivity index (χ3v) is 33.0. The molecule has 0 saturated heterocycles. The van der Waals surface area contributed by atoms with Gasteiger partial charge in [-0.05, 0) is 306 Å². The van der Waals surface area contributed by atoms with Crippen LogP contribution >= 0.6 is 0 Å². The van der Waals surface area contributed by atoms with Gasteiger partial charge in [-0.15, -0.1) is 0 Å². The first-order valence-electron chi connectivity index (χ1n) is 51.8. The van der Waals surface area contributed by atoms with Crippen LogP contribution in [0.4, 0.5) is 34.1 Å². The van der Waals surface area contributed by atoms with Crippen LogP contribution in [0.25, 0.3) is 221 Å². The number of hydrogen-bond donors (Lipinski definition) is 0. The number of benzene rings is 22. The van der Waals surface area contributed by atoms with Gasteiger partial charge < -0.3 is 36.9 Å². The minimum atomic E-state index is -0.272. The lowest BCUT2D eigenvalue weighted by Gasteiger charge is -2.30. The molecular weight excluding hydrogens is 1810 g/mol. The van der Waals surface area contributed by atoms with Gasteiger partial charge in [-0.25, -0.2) is 0 Å². The SMILES string of the molecule is CC1(C)c2cc(-c3ccc4c5ccccc5n(-c5ccccc5)c4c3)ccc2-c2ccc(N(c3ccc(-c4ccc(-n5c6ccccc6c6ccccc65)cc4)cc3)c3ccc4oc5ccccc5c4c3)cc21.CC1(C)c2cc(-c3ccc4c5ccccc5n(-c5ccccc5)c4c3)ccc2-c2ccc(N(c3ccc4c(c3)C(C)(C)c3cc(-n5c6ccccc6c6ccccc65)ccc3-4)c3ccc4oc5ccccc5c4c3)cc21. The van der Waals surface area contributed by atoms with Crippen molar-refractivity contribution >= 4 is 165 Å². The van der Waals surface area contributed by atoms with Crippen molar-refractivity contribution in [1.29, 1.82) is 0 Å². The molecule has 0 radical (unpaired) electrons. The van der Waals surface area contributed by atoms with Crippen LogP contribution in [0.1, 0.15) is 74.9 Å². The molecule has 704 valence electrons. The highest BCUT2D eigenvalue weighted by atomic mass is 16.3. The first kappa shape index (κ1) is 85.8. The molecule has 22 aromatic carbocycles. The third-order valence-electron chi connectivity index (χ3n) is 33.0. The smallest absolute Gasteiger partial charge is 0.135 e. The molecule has 8 nitrogen and oxygen atoms in total. The Balaban J connectivity index is 0.000000137. The van der Waals surface area contributed by atoms with Crippen LogP contribution in [0.2, 0.25) is 0 Å². The third kappa shape index (κ3) is 13.1. The zero-order valence-corrected chi connectivity index (χ0v) is 83.2. The summed E-state index contributed by atoms with van der Waals surface area (Å²) in [5, 5.41) is 14.6. The molecule has 6 aromatic heterocycles. The molecule has 6 heterocycles. The largest absolute Gasteiger partial charge is 0.456 e. The molecule has 8 heteroatoms. The molecule has 3 aliphatic carbocycles. The maximum absolute atomic E-state index is 6.41. The number of anilines is 6.